The summed E-state index contributed by atoms with van der Waals surface area (Å²) in [5.41, 5.74) is 1.24. The van der Waals surface area contributed by atoms with Gasteiger partial charge in [0.05, 0.1) is 0 Å². The lowest BCUT2D eigenvalue weighted by Gasteiger charge is -2.19. The van der Waals surface area contributed by atoms with Crippen molar-refractivity contribution < 1.29 is 9.47 Å². The molecule has 1 unspecified atom stereocenters. The first kappa shape index (κ1) is 16.4. The van der Waals surface area contributed by atoms with Gasteiger partial charge in [0.25, 0.3) is 0 Å². The Hall–Kier alpha value is -0.610. The number of hydrogen-bond acceptors (Lipinski definition) is 3. The number of halogens is 1. The molecule has 0 spiro atoms. The predicted molar refractivity (Wildman–Crippen MR) is 79.8 cm³/mol. The Balaban J connectivity index is 2.35. The van der Waals surface area contributed by atoms with Crippen molar-refractivity contribution in [1.29, 1.82) is 0 Å². The largest absolute Gasteiger partial charge is 0.352 e. The molecule has 0 radical (unpaired) electrons. The fraction of sp³-hybridized carbons (Fsp3) is 0.600. The summed E-state index contributed by atoms with van der Waals surface area (Å²) in [5, 5.41) is 4.16. The Morgan fingerprint density at radius 2 is 1.84 bits per heavy atom. The van der Waals surface area contributed by atoms with Crippen LogP contribution >= 0.6 is 11.6 Å². The average molecular weight is 286 g/mol. The standard InChI is InChI=1S/C15H24ClNO2/c1-4-18-15(19-5-2)11-17-10-12(3)13-7-6-8-14(16)9-13/h6-9,12,15,17H,4-5,10-11H2,1-3H3. The molecule has 0 amide bonds. The van der Waals surface area contributed by atoms with Crippen LogP contribution < -0.4 is 5.32 Å². The molecule has 1 rings (SSSR count). The molecule has 1 aromatic carbocycles. The van der Waals surface area contributed by atoms with E-state index in [0.29, 0.717) is 25.7 Å². The van der Waals surface area contributed by atoms with Crippen molar-refractivity contribution in [2.45, 2.75) is 33.0 Å². The second kappa shape index (κ2) is 9.32. The summed E-state index contributed by atoms with van der Waals surface area (Å²) in [4.78, 5) is 0. The molecule has 4 heteroatoms. The lowest BCUT2D eigenvalue weighted by molar-refractivity contribution is -0.132. The molecule has 0 fully saturated rings. The van der Waals surface area contributed by atoms with Crippen LogP contribution in [0, 0.1) is 0 Å². The normalized spacial score (nSPS) is 12.9. The van der Waals surface area contributed by atoms with Gasteiger partial charge in [0, 0.05) is 31.3 Å². The zero-order valence-electron chi connectivity index (χ0n) is 12.0. The smallest absolute Gasteiger partial charge is 0.169 e. The molecule has 0 saturated carbocycles. The molecule has 0 bridgehead atoms. The minimum atomic E-state index is -0.165. The van der Waals surface area contributed by atoms with Crippen LogP contribution in [0.2, 0.25) is 5.02 Å². The minimum absolute atomic E-state index is 0.165. The second-order valence-electron chi connectivity index (χ2n) is 4.45. The Morgan fingerprint density at radius 3 is 2.42 bits per heavy atom. The molecule has 1 atom stereocenters. The van der Waals surface area contributed by atoms with E-state index in [9.17, 15) is 0 Å². The number of benzene rings is 1. The third-order valence-electron chi connectivity index (χ3n) is 2.88. The second-order valence-corrected chi connectivity index (χ2v) is 4.89. The highest BCUT2D eigenvalue weighted by molar-refractivity contribution is 6.30. The summed E-state index contributed by atoms with van der Waals surface area (Å²) in [7, 11) is 0. The van der Waals surface area contributed by atoms with Crippen molar-refractivity contribution >= 4 is 11.6 Å². The number of nitrogens with one attached hydrogen (secondary N) is 1. The third kappa shape index (κ3) is 6.39. The van der Waals surface area contributed by atoms with Gasteiger partial charge < -0.3 is 14.8 Å². The molecule has 0 aliphatic heterocycles. The van der Waals surface area contributed by atoms with E-state index in [-0.39, 0.29) is 6.29 Å². The van der Waals surface area contributed by atoms with Crippen LogP contribution in [0.15, 0.2) is 24.3 Å². The van der Waals surface area contributed by atoms with Gasteiger partial charge >= 0.3 is 0 Å². The molecule has 1 aromatic rings. The van der Waals surface area contributed by atoms with Gasteiger partial charge in [-0.05, 0) is 37.5 Å². The zero-order valence-corrected chi connectivity index (χ0v) is 12.7. The molecule has 0 aromatic heterocycles. The van der Waals surface area contributed by atoms with E-state index in [0.717, 1.165) is 11.6 Å². The highest BCUT2D eigenvalue weighted by Crippen LogP contribution is 2.18. The maximum absolute atomic E-state index is 6.00. The van der Waals surface area contributed by atoms with Crippen LogP contribution in [0.25, 0.3) is 0 Å². The first-order valence-corrected chi connectivity index (χ1v) is 7.24. The Bertz CT molecular complexity index is 354. The fourth-order valence-corrected chi connectivity index (χ4v) is 2.09. The summed E-state index contributed by atoms with van der Waals surface area (Å²) in [5.74, 6) is 0.405. The SMILES string of the molecule is CCOC(CNCC(C)c1cccc(Cl)c1)OCC. The maximum atomic E-state index is 6.00. The van der Waals surface area contributed by atoms with E-state index >= 15 is 0 Å². The molecule has 108 valence electrons. The van der Waals surface area contributed by atoms with Crippen molar-refractivity contribution in [2.24, 2.45) is 0 Å². The maximum Gasteiger partial charge on any atom is 0.169 e. The fourth-order valence-electron chi connectivity index (χ4n) is 1.89. The van der Waals surface area contributed by atoms with Gasteiger partial charge in [-0.1, -0.05) is 30.7 Å². The molecule has 0 aliphatic rings. The van der Waals surface area contributed by atoms with Gasteiger partial charge in [-0.15, -0.1) is 0 Å². The van der Waals surface area contributed by atoms with Gasteiger partial charge in [-0.25, -0.2) is 0 Å². The van der Waals surface area contributed by atoms with Gasteiger partial charge in [0.1, 0.15) is 0 Å². The van der Waals surface area contributed by atoms with Gasteiger partial charge in [-0.3, -0.25) is 0 Å². The molecule has 3 nitrogen and oxygen atoms in total. The molecular formula is C15H24ClNO2. The highest BCUT2D eigenvalue weighted by atomic mass is 35.5. The topological polar surface area (TPSA) is 30.5 Å². The van der Waals surface area contributed by atoms with E-state index in [1.165, 1.54) is 5.56 Å². The number of rotatable bonds is 9. The van der Waals surface area contributed by atoms with Gasteiger partial charge in [0.15, 0.2) is 6.29 Å². The number of hydrogen-bond donors (Lipinski definition) is 1. The summed E-state index contributed by atoms with van der Waals surface area (Å²) < 4.78 is 11.0. The van der Waals surface area contributed by atoms with E-state index < -0.39 is 0 Å². The predicted octanol–water partition coefficient (Wildman–Crippen LogP) is 3.43. The molecule has 19 heavy (non-hydrogen) atoms. The summed E-state index contributed by atoms with van der Waals surface area (Å²) in [6.45, 7) is 9.02. The molecular weight excluding hydrogens is 262 g/mol. The van der Waals surface area contributed by atoms with Gasteiger partial charge in [-0.2, -0.15) is 0 Å². The highest BCUT2D eigenvalue weighted by Gasteiger charge is 2.09. The average Bonchev–Trinajstić information content (AvgIpc) is 2.39. The van der Waals surface area contributed by atoms with Crippen molar-refractivity contribution in [2.75, 3.05) is 26.3 Å². The summed E-state index contributed by atoms with van der Waals surface area (Å²) in [6, 6.07) is 7.99. The summed E-state index contributed by atoms with van der Waals surface area (Å²) >= 11 is 6.00. The first-order valence-electron chi connectivity index (χ1n) is 6.86. The van der Waals surface area contributed by atoms with Crippen LogP contribution in [0.1, 0.15) is 32.3 Å². The van der Waals surface area contributed by atoms with Gasteiger partial charge in [0.2, 0.25) is 0 Å². The Morgan fingerprint density at radius 1 is 1.16 bits per heavy atom. The van der Waals surface area contributed by atoms with Crippen LogP contribution in [0.3, 0.4) is 0 Å². The van der Waals surface area contributed by atoms with Crippen molar-refractivity contribution in [3.63, 3.8) is 0 Å². The quantitative estimate of drug-likeness (QED) is 0.705. The molecule has 0 aliphatic carbocycles. The lowest BCUT2D eigenvalue weighted by Crippen LogP contribution is -2.33. The van der Waals surface area contributed by atoms with E-state index in [4.69, 9.17) is 21.1 Å². The molecule has 0 heterocycles. The third-order valence-corrected chi connectivity index (χ3v) is 3.12. The van der Waals surface area contributed by atoms with Crippen molar-refractivity contribution in [3.05, 3.63) is 34.9 Å². The van der Waals surface area contributed by atoms with Crippen molar-refractivity contribution in [1.82, 2.24) is 5.32 Å². The number of ether oxygens (including phenoxy) is 2. The minimum Gasteiger partial charge on any atom is -0.352 e. The Kier molecular flexibility index (Phi) is 8.07. The lowest BCUT2D eigenvalue weighted by atomic mass is 10.0. The zero-order chi connectivity index (χ0) is 14.1. The van der Waals surface area contributed by atoms with Crippen LogP contribution in [-0.2, 0) is 9.47 Å². The van der Waals surface area contributed by atoms with Crippen LogP contribution in [0.5, 0.6) is 0 Å². The van der Waals surface area contributed by atoms with Crippen LogP contribution in [0.4, 0.5) is 0 Å². The van der Waals surface area contributed by atoms with E-state index in [1.807, 2.05) is 32.0 Å². The summed E-state index contributed by atoms with van der Waals surface area (Å²) in [6.07, 6.45) is -0.165. The van der Waals surface area contributed by atoms with E-state index in [2.05, 4.69) is 18.3 Å². The van der Waals surface area contributed by atoms with Crippen LogP contribution in [-0.4, -0.2) is 32.6 Å². The Labute approximate surface area is 121 Å². The monoisotopic (exact) mass is 285 g/mol. The van der Waals surface area contributed by atoms with E-state index in [1.54, 1.807) is 0 Å². The molecule has 0 saturated heterocycles. The molecule has 1 N–H and O–H groups in total. The van der Waals surface area contributed by atoms with Crippen molar-refractivity contribution in [3.8, 4) is 0 Å². The first-order chi connectivity index (χ1) is 9.17.